The molecule has 0 aromatic heterocycles. The van der Waals surface area contributed by atoms with Gasteiger partial charge in [0.05, 0.1) is 18.1 Å². The van der Waals surface area contributed by atoms with Gasteiger partial charge in [-0.1, -0.05) is 28.1 Å². The van der Waals surface area contributed by atoms with Crippen molar-refractivity contribution in [3.05, 3.63) is 64.1 Å². The molecule has 0 bridgehead atoms. The van der Waals surface area contributed by atoms with Crippen molar-refractivity contribution in [3.63, 3.8) is 0 Å². The minimum Gasteiger partial charge on any atom is -0.326 e. The number of benzene rings is 2. The van der Waals surface area contributed by atoms with Crippen LogP contribution in [0.15, 0.2) is 53.0 Å². The molecule has 3 nitrogen and oxygen atoms in total. The molecule has 0 fully saturated rings. The lowest BCUT2D eigenvalue weighted by molar-refractivity contribution is -0.115. The zero-order chi connectivity index (χ0) is 13.7. The van der Waals surface area contributed by atoms with Crippen LogP contribution < -0.4 is 5.32 Å². The summed E-state index contributed by atoms with van der Waals surface area (Å²) in [5.41, 5.74) is 2.21. The summed E-state index contributed by atoms with van der Waals surface area (Å²) in [7, 11) is 0. The molecule has 0 radical (unpaired) electrons. The molecule has 0 heterocycles. The second kappa shape index (κ2) is 6.17. The van der Waals surface area contributed by atoms with E-state index in [1.165, 1.54) is 0 Å². The number of carbonyl (C=O) groups is 1. The van der Waals surface area contributed by atoms with Crippen molar-refractivity contribution in [1.82, 2.24) is 0 Å². The third kappa shape index (κ3) is 3.94. The van der Waals surface area contributed by atoms with Gasteiger partial charge in [-0.05, 0) is 42.0 Å². The maximum Gasteiger partial charge on any atom is 0.228 e. The normalized spacial score (nSPS) is 9.68. The maximum atomic E-state index is 11.9. The Labute approximate surface area is 120 Å². The largest absolute Gasteiger partial charge is 0.326 e. The van der Waals surface area contributed by atoms with Gasteiger partial charge in [-0.2, -0.15) is 5.26 Å². The number of hydrogen-bond donors (Lipinski definition) is 1. The van der Waals surface area contributed by atoms with Crippen LogP contribution in [0.2, 0.25) is 0 Å². The third-order valence-corrected chi connectivity index (χ3v) is 3.04. The first-order valence-corrected chi connectivity index (χ1v) is 6.51. The molecular formula is C15H11BrN2O. The molecule has 0 aliphatic carbocycles. The summed E-state index contributed by atoms with van der Waals surface area (Å²) < 4.78 is 0.955. The van der Waals surface area contributed by atoms with E-state index in [2.05, 4.69) is 21.2 Å². The highest BCUT2D eigenvalue weighted by molar-refractivity contribution is 9.10. The van der Waals surface area contributed by atoms with Gasteiger partial charge in [0.1, 0.15) is 0 Å². The third-order valence-electron chi connectivity index (χ3n) is 2.55. The molecule has 0 aliphatic rings. The number of nitrogens with one attached hydrogen (secondary N) is 1. The van der Waals surface area contributed by atoms with Crippen molar-refractivity contribution in [2.45, 2.75) is 6.42 Å². The van der Waals surface area contributed by atoms with E-state index in [1.807, 2.05) is 30.3 Å². The van der Waals surface area contributed by atoms with Crippen LogP contribution in [0.3, 0.4) is 0 Å². The molecule has 0 aliphatic heterocycles. The van der Waals surface area contributed by atoms with Crippen molar-refractivity contribution in [2.75, 3.05) is 5.32 Å². The fraction of sp³-hybridized carbons (Fsp3) is 0.0667. The Balaban J connectivity index is 1.99. The SMILES string of the molecule is N#Cc1ccc(NC(=O)Cc2cccc(Br)c2)cc1. The molecular weight excluding hydrogens is 304 g/mol. The predicted octanol–water partition coefficient (Wildman–Crippen LogP) is 3.50. The molecule has 2 aromatic carbocycles. The standard InChI is InChI=1S/C15H11BrN2O/c16-13-3-1-2-12(8-13)9-15(19)18-14-6-4-11(10-17)5-7-14/h1-8H,9H2,(H,18,19). The predicted molar refractivity (Wildman–Crippen MR) is 77.6 cm³/mol. The van der Waals surface area contributed by atoms with Crippen molar-refractivity contribution >= 4 is 27.5 Å². The molecule has 94 valence electrons. The van der Waals surface area contributed by atoms with Crippen LogP contribution in [0, 0.1) is 11.3 Å². The minimum atomic E-state index is -0.0807. The van der Waals surface area contributed by atoms with Crippen LogP contribution in [-0.2, 0) is 11.2 Å². The van der Waals surface area contributed by atoms with Gasteiger partial charge in [0, 0.05) is 10.2 Å². The first-order chi connectivity index (χ1) is 9.17. The van der Waals surface area contributed by atoms with Crippen molar-refractivity contribution < 1.29 is 4.79 Å². The van der Waals surface area contributed by atoms with Crippen LogP contribution in [0.5, 0.6) is 0 Å². The Morgan fingerprint density at radius 1 is 1.21 bits per heavy atom. The highest BCUT2D eigenvalue weighted by Gasteiger charge is 2.04. The smallest absolute Gasteiger partial charge is 0.228 e. The number of carbonyl (C=O) groups excluding carboxylic acids is 1. The van der Waals surface area contributed by atoms with E-state index in [1.54, 1.807) is 24.3 Å². The fourth-order valence-corrected chi connectivity index (χ4v) is 2.11. The van der Waals surface area contributed by atoms with E-state index in [9.17, 15) is 4.79 Å². The molecule has 19 heavy (non-hydrogen) atoms. The number of amides is 1. The summed E-state index contributed by atoms with van der Waals surface area (Å²) in [6.45, 7) is 0. The van der Waals surface area contributed by atoms with Crippen molar-refractivity contribution in [3.8, 4) is 6.07 Å². The van der Waals surface area contributed by atoms with Crippen LogP contribution in [0.1, 0.15) is 11.1 Å². The first kappa shape index (κ1) is 13.3. The average molecular weight is 315 g/mol. The second-order valence-electron chi connectivity index (χ2n) is 4.04. The van der Waals surface area contributed by atoms with E-state index >= 15 is 0 Å². The summed E-state index contributed by atoms with van der Waals surface area (Å²) in [6, 6.07) is 16.5. The highest BCUT2D eigenvalue weighted by atomic mass is 79.9. The van der Waals surface area contributed by atoms with Crippen LogP contribution >= 0.6 is 15.9 Å². The quantitative estimate of drug-likeness (QED) is 0.942. The number of hydrogen-bond acceptors (Lipinski definition) is 2. The average Bonchev–Trinajstić information content (AvgIpc) is 2.39. The summed E-state index contributed by atoms with van der Waals surface area (Å²) in [5, 5.41) is 11.5. The highest BCUT2D eigenvalue weighted by Crippen LogP contribution is 2.13. The van der Waals surface area contributed by atoms with Crippen LogP contribution in [0.4, 0.5) is 5.69 Å². The van der Waals surface area contributed by atoms with Crippen molar-refractivity contribution in [1.29, 1.82) is 5.26 Å². The number of nitrogens with zero attached hydrogens (tertiary/aromatic N) is 1. The zero-order valence-corrected chi connectivity index (χ0v) is 11.6. The topological polar surface area (TPSA) is 52.9 Å². The van der Waals surface area contributed by atoms with Gasteiger partial charge >= 0.3 is 0 Å². The zero-order valence-electron chi connectivity index (χ0n) is 10.1. The van der Waals surface area contributed by atoms with Crippen molar-refractivity contribution in [2.24, 2.45) is 0 Å². The Morgan fingerprint density at radius 3 is 2.58 bits per heavy atom. The van der Waals surface area contributed by atoms with Gasteiger partial charge in [0.25, 0.3) is 0 Å². The number of halogens is 1. The van der Waals surface area contributed by atoms with E-state index < -0.39 is 0 Å². The molecule has 2 aromatic rings. The molecule has 1 amide bonds. The fourth-order valence-electron chi connectivity index (χ4n) is 1.67. The van der Waals surface area contributed by atoms with E-state index in [0.717, 1.165) is 10.0 Å². The van der Waals surface area contributed by atoms with Gasteiger partial charge in [0.2, 0.25) is 5.91 Å². The van der Waals surface area contributed by atoms with Gasteiger partial charge in [0.15, 0.2) is 0 Å². The molecule has 1 N–H and O–H groups in total. The molecule has 2 rings (SSSR count). The summed E-state index contributed by atoms with van der Waals surface area (Å²) >= 11 is 3.37. The summed E-state index contributed by atoms with van der Waals surface area (Å²) in [6.07, 6.45) is 0.319. The van der Waals surface area contributed by atoms with E-state index in [0.29, 0.717) is 17.7 Å². The van der Waals surface area contributed by atoms with Gasteiger partial charge < -0.3 is 5.32 Å². The monoisotopic (exact) mass is 314 g/mol. The molecule has 0 spiro atoms. The summed E-state index contributed by atoms with van der Waals surface area (Å²) in [4.78, 5) is 11.9. The molecule has 0 unspecified atom stereocenters. The lowest BCUT2D eigenvalue weighted by atomic mass is 10.1. The molecule has 0 atom stereocenters. The molecule has 4 heteroatoms. The lowest BCUT2D eigenvalue weighted by Crippen LogP contribution is -2.14. The lowest BCUT2D eigenvalue weighted by Gasteiger charge is -2.05. The van der Waals surface area contributed by atoms with E-state index in [4.69, 9.17) is 5.26 Å². The molecule has 0 saturated carbocycles. The number of nitriles is 1. The maximum absolute atomic E-state index is 11.9. The van der Waals surface area contributed by atoms with E-state index in [-0.39, 0.29) is 5.91 Å². The summed E-state index contributed by atoms with van der Waals surface area (Å²) in [5.74, 6) is -0.0807. The van der Waals surface area contributed by atoms with Gasteiger partial charge in [-0.25, -0.2) is 0 Å². The Hall–Kier alpha value is -2.12. The first-order valence-electron chi connectivity index (χ1n) is 5.72. The molecule has 0 saturated heterocycles. The number of rotatable bonds is 3. The Kier molecular flexibility index (Phi) is 4.32. The van der Waals surface area contributed by atoms with Crippen LogP contribution in [-0.4, -0.2) is 5.91 Å². The number of anilines is 1. The van der Waals surface area contributed by atoms with Gasteiger partial charge in [-0.15, -0.1) is 0 Å². The Morgan fingerprint density at radius 2 is 1.95 bits per heavy atom. The minimum absolute atomic E-state index is 0.0807. The second-order valence-corrected chi connectivity index (χ2v) is 4.96. The van der Waals surface area contributed by atoms with Crippen LogP contribution in [0.25, 0.3) is 0 Å². The van der Waals surface area contributed by atoms with Gasteiger partial charge in [-0.3, -0.25) is 4.79 Å². The Bertz CT molecular complexity index is 629.